The van der Waals surface area contributed by atoms with Crippen LogP contribution < -0.4 is 0 Å². The predicted molar refractivity (Wildman–Crippen MR) is 102 cm³/mol. The lowest BCUT2D eigenvalue weighted by Gasteiger charge is -2.30. The Morgan fingerprint density at radius 2 is 0.955 bits per heavy atom. The molecule has 0 aromatic carbocycles. The first-order valence-corrected chi connectivity index (χ1v) is 9.78. The number of hydrogen-bond donors (Lipinski definition) is 0. The number of thiocyanates is 1. The summed E-state index contributed by atoms with van der Waals surface area (Å²) < 4.78 is 1.24. The molecule has 0 saturated heterocycles. The maximum atomic E-state index is 7.13. The second-order valence-electron chi connectivity index (χ2n) is 7.01. The molecule has 0 saturated carbocycles. The summed E-state index contributed by atoms with van der Waals surface area (Å²) in [6.07, 6.45) is 17.1. The quantitative estimate of drug-likeness (QED) is 0.174. The Labute approximate surface area is 146 Å². The Balaban J connectivity index is 0. The summed E-state index contributed by atoms with van der Waals surface area (Å²) in [5.41, 5.74) is 0. The minimum absolute atomic E-state index is 1.24. The third-order valence-corrected chi connectivity index (χ3v) is 4.23. The lowest BCUT2D eigenvalue weighted by Crippen LogP contribution is -2.41. The molecule has 0 radical (unpaired) electrons. The zero-order valence-corrected chi connectivity index (χ0v) is 16.5. The first-order chi connectivity index (χ1) is 10.5. The van der Waals surface area contributed by atoms with Crippen molar-refractivity contribution in [2.24, 2.45) is 0 Å². The smallest absolute Gasteiger partial charge is 0.0782 e. The van der Waals surface area contributed by atoms with Crippen LogP contribution in [0.3, 0.4) is 0 Å². The summed E-state index contributed by atoms with van der Waals surface area (Å²) in [6, 6.07) is 0. The lowest BCUT2D eigenvalue weighted by atomic mass is 10.1. The molecule has 2 nitrogen and oxygen atoms in total. The van der Waals surface area contributed by atoms with Crippen LogP contribution >= 0.6 is 0 Å². The van der Waals surface area contributed by atoms with Gasteiger partial charge in [-0.25, -0.2) is 5.26 Å². The van der Waals surface area contributed by atoms with E-state index in [4.69, 9.17) is 5.26 Å². The van der Waals surface area contributed by atoms with Gasteiger partial charge in [-0.1, -0.05) is 70.6 Å². The molecule has 0 heterocycles. The number of hydrogen-bond acceptors (Lipinski definition) is 2. The molecule has 0 amide bonds. The van der Waals surface area contributed by atoms with Crippen molar-refractivity contribution >= 4 is 12.6 Å². The molecule has 0 atom stereocenters. The van der Waals surface area contributed by atoms with Crippen LogP contribution in [0.2, 0.25) is 0 Å². The number of nitrogens with zero attached hydrogens (tertiary/aromatic N) is 2. The van der Waals surface area contributed by atoms with E-state index in [2.05, 4.69) is 40.6 Å². The normalized spacial score (nSPS) is 10.7. The van der Waals surface area contributed by atoms with Crippen molar-refractivity contribution in [3.63, 3.8) is 0 Å². The third-order valence-electron chi connectivity index (χ3n) is 4.23. The number of rotatable bonds is 14. The summed E-state index contributed by atoms with van der Waals surface area (Å²) in [7, 11) is 4.83. The molecular weight excluding hydrogens is 288 g/mol. The topological polar surface area (TPSA) is 23.8 Å². The average Bonchev–Trinajstić information content (AvgIpc) is 2.47. The summed E-state index contributed by atoms with van der Waals surface area (Å²) in [5, 5.41) is 8.47. The van der Waals surface area contributed by atoms with Gasteiger partial charge in [-0.3, -0.25) is 0 Å². The van der Waals surface area contributed by atoms with Crippen LogP contribution in [-0.2, 0) is 12.6 Å². The molecule has 0 aromatic rings. The van der Waals surface area contributed by atoms with E-state index in [1.54, 1.807) is 0 Å². The first kappa shape index (κ1) is 23.9. The van der Waals surface area contributed by atoms with Gasteiger partial charge in [0.1, 0.15) is 0 Å². The fourth-order valence-corrected chi connectivity index (χ4v) is 2.75. The summed E-state index contributed by atoms with van der Waals surface area (Å²) in [4.78, 5) is 0. The molecule has 0 aliphatic rings. The van der Waals surface area contributed by atoms with E-state index in [-0.39, 0.29) is 0 Å². The van der Waals surface area contributed by atoms with Gasteiger partial charge in [0, 0.05) is 0 Å². The molecule has 0 spiro atoms. The van der Waals surface area contributed by atoms with E-state index in [0.717, 1.165) is 0 Å². The van der Waals surface area contributed by atoms with Crippen molar-refractivity contribution in [3.8, 4) is 5.40 Å². The van der Waals surface area contributed by atoms with E-state index in [0.29, 0.717) is 0 Å². The molecule has 0 aliphatic carbocycles. The predicted octanol–water partition coefficient (Wildman–Crippen LogP) is 5.80. The Kier molecular flexibility index (Phi) is 20.4. The molecule has 0 fully saturated rings. The van der Waals surface area contributed by atoms with Crippen molar-refractivity contribution in [1.82, 2.24) is 0 Å². The fraction of sp³-hybridized carbons (Fsp3) is 0.947. The summed E-state index contributed by atoms with van der Waals surface area (Å²) in [5.74, 6) is 0. The molecule has 0 aromatic heterocycles. The molecule has 0 N–H and O–H groups in total. The Bertz CT molecular complexity index is 228. The van der Waals surface area contributed by atoms with E-state index in [1.807, 2.05) is 0 Å². The SMILES string of the molecule is CCCCCCCC[N+](C)(C)CCCCCCCC.N#C[S-]. The largest absolute Gasteiger partial charge is 0.696 e. The highest BCUT2D eigenvalue weighted by Crippen LogP contribution is 2.11. The molecule has 132 valence electrons. The highest BCUT2D eigenvalue weighted by molar-refractivity contribution is 7.64. The molecule has 0 bridgehead atoms. The van der Waals surface area contributed by atoms with Crippen LogP contribution in [0.4, 0.5) is 0 Å². The van der Waals surface area contributed by atoms with Gasteiger partial charge < -0.3 is 17.1 Å². The van der Waals surface area contributed by atoms with Crippen LogP contribution in [0.25, 0.3) is 0 Å². The Morgan fingerprint density at radius 1 is 0.682 bits per heavy atom. The van der Waals surface area contributed by atoms with E-state index >= 15 is 0 Å². The van der Waals surface area contributed by atoms with Gasteiger partial charge in [0.2, 0.25) is 0 Å². The Hall–Kier alpha value is -0.330. The maximum Gasteiger partial charge on any atom is 0.0782 e. The fourth-order valence-electron chi connectivity index (χ4n) is 2.75. The van der Waals surface area contributed by atoms with Gasteiger partial charge >= 0.3 is 0 Å². The van der Waals surface area contributed by atoms with E-state index in [1.165, 1.54) is 100 Å². The van der Waals surface area contributed by atoms with Crippen molar-refractivity contribution in [2.75, 3.05) is 27.2 Å². The zero-order chi connectivity index (χ0) is 17.1. The van der Waals surface area contributed by atoms with E-state index < -0.39 is 0 Å². The van der Waals surface area contributed by atoms with Gasteiger partial charge in [-0.05, 0) is 25.7 Å². The summed E-state index contributed by atoms with van der Waals surface area (Å²) >= 11 is 3.70. The van der Waals surface area contributed by atoms with Crippen LogP contribution in [-0.4, -0.2) is 31.7 Å². The molecule has 3 heteroatoms. The molecule has 0 unspecified atom stereocenters. The van der Waals surface area contributed by atoms with Crippen molar-refractivity contribution in [2.45, 2.75) is 90.9 Å². The van der Waals surface area contributed by atoms with Crippen molar-refractivity contribution < 1.29 is 4.48 Å². The number of nitriles is 1. The highest BCUT2D eigenvalue weighted by Gasteiger charge is 2.13. The van der Waals surface area contributed by atoms with Gasteiger partial charge in [0.25, 0.3) is 0 Å². The van der Waals surface area contributed by atoms with Gasteiger partial charge in [-0.2, -0.15) is 0 Å². The molecule has 0 rings (SSSR count). The van der Waals surface area contributed by atoms with Gasteiger partial charge in [0.05, 0.1) is 27.2 Å². The highest BCUT2D eigenvalue weighted by atomic mass is 32.1. The average molecular weight is 329 g/mol. The maximum absolute atomic E-state index is 7.13. The minimum Gasteiger partial charge on any atom is -0.696 e. The summed E-state index contributed by atoms with van der Waals surface area (Å²) in [6.45, 7) is 7.34. The molecule has 22 heavy (non-hydrogen) atoms. The Morgan fingerprint density at radius 3 is 1.27 bits per heavy atom. The number of unbranched alkanes of at least 4 members (excludes halogenated alkanes) is 10. The third kappa shape index (κ3) is 22.0. The molecule has 0 aliphatic heterocycles. The van der Waals surface area contributed by atoms with Crippen molar-refractivity contribution in [1.29, 1.82) is 5.26 Å². The van der Waals surface area contributed by atoms with Crippen LogP contribution in [0.5, 0.6) is 0 Å². The first-order valence-electron chi connectivity index (χ1n) is 9.37. The second kappa shape index (κ2) is 18.7. The van der Waals surface area contributed by atoms with Crippen LogP contribution in [0, 0.1) is 10.7 Å². The molecular formula is C19H40N2S. The second-order valence-corrected chi connectivity index (χ2v) is 7.19. The van der Waals surface area contributed by atoms with Crippen LogP contribution in [0.15, 0.2) is 0 Å². The van der Waals surface area contributed by atoms with E-state index in [9.17, 15) is 0 Å². The standard InChI is InChI=1S/C18H40N.CHNS/c1-5-7-9-11-13-15-17-19(3,4)18-16-14-12-10-8-6-2;2-1-3/h5-18H2,1-4H3;3H/q+1;/p-1. The van der Waals surface area contributed by atoms with Gasteiger partial charge in [0.15, 0.2) is 0 Å². The monoisotopic (exact) mass is 328 g/mol. The van der Waals surface area contributed by atoms with Crippen LogP contribution in [0.1, 0.15) is 90.9 Å². The van der Waals surface area contributed by atoms with Gasteiger partial charge in [-0.15, -0.1) is 0 Å². The van der Waals surface area contributed by atoms with Crippen molar-refractivity contribution in [3.05, 3.63) is 0 Å². The zero-order valence-electron chi connectivity index (χ0n) is 15.7. The number of quaternary nitrogens is 1. The lowest BCUT2D eigenvalue weighted by molar-refractivity contribution is -0.890. The minimum atomic E-state index is 1.24.